The van der Waals surface area contributed by atoms with Crippen LogP contribution in [0.4, 0.5) is 5.69 Å². The number of anilines is 1. The Morgan fingerprint density at radius 2 is 1.44 bits per heavy atom. The number of hydrogen-bond donors (Lipinski definition) is 2. The van der Waals surface area contributed by atoms with Crippen LogP contribution >= 0.6 is 0 Å². The first-order chi connectivity index (χ1) is 8.70. The molecule has 0 heterocycles. The molecule has 102 valence electrons. The molecule has 0 saturated heterocycles. The third-order valence-electron chi connectivity index (χ3n) is 3.50. The maximum atomic E-state index is 10.0. The third-order valence-corrected chi connectivity index (χ3v) is 3.50. The zero-order valence-electron chi connectivity index (χ0n) is 11.8. The van der Waals surface area contributed by atoms with Crippen LogP contribution in [-0.4, -0.2) is 5.11 Å². The van der Waals surface area contributed by atoms with Gasteiger partial charge >= 0.3 is 0 Å². The molecule has 0 radical (unpaired) electrons. The van der Waals surface area contributed by atoms with Gasteiger partial charge in [0, 0.05) is 5.69 Å². The fraction of sp³-hybridized carbons (Fsp3) is 0.625. The Labute approximate surface area is 111 Å². The van der Waals surface area contributed by atoms with Gasteiger partial charge in [0.2, 0.25) is 0 Å². The average molecular weight is 249 g/mol. The number of unbranched alkanes of at least 4 members (excludes halogenated alkanes) is 4. The van der Waals surface area contributed by atoms with Gasteiger partial charge in [0.25, 0.3) is 0 Å². The van der Waals surface area contributed by atoms with E-state index < -0.39 is 0 Å². The lowest BCUT2D eigenvalue weighted by molar-refractivity contribution is 0.465. The van der Waals surface area contributed by atoms with Crippen LogP contribution in [0.5, 0.6) is 5.75 Å². The van der Waals surface area contributed by atoms with Gasteiger partial charge in [0.15, 0.2) is 0 Å². The van der Waals surface area contributed by atoms with Gasteiger partial charge in [-0.3, -0.25) is 0 Å². The van der Waals surface area contributed by atoms with Gasteiger partial charge in [0.05, 0.1) is 0 Å². The fourth-order valence-electron chi connectivity index (χ4n) is 2.38. The van der Waals surface area contributed by atoms with E-state index in [2.05, 4.69) is 13.8 Å². The molecule has 0 saturated carbocycles. The number of benzene rings is 1. The zero-order valence-corrected chi connectivity index (χ0v) is 11.8. The van der Waals surface area contributed by atoms with Crippen molar-refractivity contribution in [2.45, 2.75) is 65.2 Å². The van der Waals surface area contributed by atoms with Gasteiger partial charge in [-0.1, -0.05) is 39.5 Å². The number of phenols is 1. The van der Waals surface area contributed by atoms with Crippen molar-refractivity contribution in [3.63, 3.8) is 0 Å². The highest BCUT2D eigenvalue weighted by Gasteiger charge is 2.10. The van der Waals surface area contributed by atoms with E-state index >= 15 is 0 Å². The molecule has 0 atom stereocenters. The highest BCUT2D eigenvalue weighted by molar-refractivity contribution is 5.56. The summed E-state index contributed by atoms with van der Waals surface area (Å²) in [5.74, 6) is 0.423. The lowest BCUT2D eigenvalue weighted by Gasteiger charge is -2.14. The van der Waals surface area contributed by atoms with Crippen molar-refractivity contribution in [2.75, 3.05) is 5.73 Å². The predicted molar refractivity (Wildman–Crippen MR) is 79.0 cm³/mol. The van der Waals surface area contributed by atoms with Gasteiger partial charge in [-0.25, -0.2) is 0 Å². The van der Waals surface area contributed by atoms with Crippen molar-refractivity contribution in [3.05, 3.63) is 23.3 Å². The van der Waals surface area contributed by atoms with E-state index in [0.717, 1.165) is 36.9 Å². The zero-order chi connectivity index (χ0) is 13.4. The summed E-state index contributed by atoms with van der Waals surface area (Å²) in [6.07, 6.45) is 9.09. The van der Waals surface area contributed by atoms with Crippen molar-refractivity contribution >= 4 is 5.69 Å². The molecule has 0 aliphatic carbocycles. The van der Waals surface area contributed by atoms with E-state index in [9.17, 15) is 5.11 Å². The second-order valence-electron chi connectivity index (χ2n) is 5.05. The minimum Gasteiger partial charge on any atom is -0.508 e. The Bertz CT molecular complexity index is 325. The molecule has 0 unspecified atom stereocenters. The van der Waals surface area contributed by atoms with Crippen molar-refractivity contribution < 1.29 is 5.11 Å². The molecule has 1 rings (SSSR count). The summed E-state index contributed by atoms with van der Waals surface area (Å²) < 4.78 is 0. The molecule has 0 fully saturated rings. The second kappa shape index (κ2) is 8.02. The molecule has 0 aromatic heterocycles. The summed E-state index contributed by atoms with van der Waals surface area (Å²) in [6, 6.07) is 3.57. The molecule has 1 aromatic carbocycles. The Morgan fingerprint density at radius 3 is 2.00 bits per heavy atom. The normalized spacial score (nSPS) is 10.8. The largest absolute Gasteiger partial charge is 0.508 e. The maximum absolute atomic E-state index is 10.0. The van der Waals surface area contributed by atoms with Gasteiger partial charge in [-0.15, -0.1) is 0 Å². The molecule has 2 heteroatoms. The van der Waals surface area contributed by atoms with Crippen LogP contribution in [0.1, 0.15) is 63.5 Å². The minimum absolute atomic E-state index is 0.423. The van der Waals surface area contributed by atoms with E-state index in [1.54, 1.807) is 6.07 Å². The number of aromatic hydroxyl groups is 1. The Balaban J connectivity index is 2.79. The highest BCUT2D eigenvalue weighted by atomic mass is 16.3. The first-order valence-electron chi connectivity index (χ1n) is 7.29. The lowest BCUT2D eigenvalue weighted by Crippen LogP contribution is -2.01. The fourth-order valence-corrected chi connectivity index (χ4v) is 2.38. The lowest BCUT2D eigenvalue weighted by atomic mass is 9.95. The number of rotatable bonds is 8. The van der Waals surface area contributed by atoms with Crippen LogP contribution in [0.15, 0.2) is 12.1 Å². The molecule has 2 nitrogen and oxygen atoms in total. The molecular weight excluding hydrogens is 222 g/mol. The predicted octanol–water partition coefficient (Wildman–Crippen LogP) is 4.44. The minimum atomic E-state index is 0.423. The summed E-state index contributed by atoms with van der Waals surface area (Å²) in [4.78, 5) is 0. The van der Waals surface area contributed by atoms with Gasteiger partial charge in [0.1, 0.15) is 5.75 Å². The summed E-state index contributed by atoms with van der Waals surface area (Å²) >= 11 is 0. The Hall–Kier alpha value is -1.18. The standard InChI is InChI=1S/C16H27NO/c1-3-5-7-9-13-14(10-8-6-4-2)16(18)12-11-15(13)17/h11-12,18H,3-10,17H2,1-2H3. The van der Waals surface area contributed by atoms with E-state index in [-0.39, 0.29) is 0 Å². The summed E-state index contributed by atoms with van der Waals surface area (Å²) in [7, 11) is 0. The van der Waals surface area contributed by atoms with Crippen LogP contribution in [-0.2, 0) is 12.8 Å². The monoisotopic (exact) mass is 249 g/mol. The summed E-state index contributed by atoms with van der Waals surface area (Å²) in [6.45, 7) is 4.40. The highest BCUT2D eigenvalue weighted by Crippen LogP contribution is 2.29. The molecule has 18 heavy (non-hydrogen) atoms. The summed E-state index contributed by atoms with van der Waals surface area (Å²) in [5, 5.41) is 10.0. The first kappa shape index (κ1) is 14.9. The molecular formula is C16H27NO. The van der Waals surface area contributed by atoms with Gasteiger partial charge in [-0.05, 0) is 48.9 Å². The molecule has 0 amide bonds. The van der Waals surface area contributed by atoms with Crippen molar-refractivity contribution in [1.29, 1.82) is 0 Å². The smallest absolute Gasteiger partial charge is 0.119 e. The summed E-state index contributed by atoms with van der Waals surface area (Å²) in [5.41, 5.74) is 9.17. The number of nitrogen functional groups attached to an aromatic ring is 1. The SMILES string of the molecule is CCCCCc1c(N)ccc(O)c1CCCCC. The Morgan fingerprint density at radius 1 is 0.889 bits per heavy atom. The van der Waals surface area contributed by atoms with Gasteiger partial charge in [-0.2, -0.15) is 0 Å². The molecule has 1 aromatic rings. The number of hydrogen-bond acceptors (Lipinski definition) is 2. The number of phenolic OH excluding ortho intramolecular Hbond substituents is 1. The van der Waals surface area contributed by atoms with Crippen LogP contribution in [0, 0.1) is 0 Å². The second-order valence-corrected chi connectivity index (χ2v) is 5.05. The van der Waals surface area contributed by atoms with E-state index in [1.165, 1.54) is 31.2 Å². The van der Waals surface area contributed by atoms with Crippen LogP contribution in [0.3, 0.4) is 0 Å². The topological polar surface area (TPSA) is 46.2 Å². The van der Waals surface area contributed by atoms with E-state index in [0.29, 0.717) is 5.75 Å². The quantitative estimate of drug-likeness (QED) is 0.406. The van der Waals surface area contributed by atoms with Crippen molar-refractivity contribution in [1.82, 2.24) is 0 Å². The van der Waals surface area contributed by atoms with Gasteiger partial charge < -0.3 is 10.8 Å². The average Bonchev–Trinajstić information content (AvgIpc) is 2.36. The van der Waals surface area contributed by atoms with Crippen LogP contribution in [0.25, 0.3) is 0 Å². The number of nitrogens with two attached hydrogens (primary N) is 1. The molecule has 0 bridgehead atoms. The molecule has 3 N–H and O–H groups in total. The Kier molecular flexibility index (Phi) is 6.63. The van der Waals surface area contributed by atoms with E-state index in [1.807, 2.05) is 6.07 Å². The van der Waals surface area contributed by atoms with Crippen molar-refractivity contribution in [2.24, 2.45) is 0 Å². The van der Waals surface area contributed by atoms with Crippen LogP contribution in [0.2, 0.25) is 0 Å². The molecule has 0 spiro atoms. The first-order valence-corrected chi connectivity index (χ1v) is 7.29. The molecule has 0 aliphatic heterocycles. The van der Waals surface area contributed by atoms with E-state index in [4.69, 9.17) is 5.73 Å². The maximum Gasteiger partial charge on any atom is 0.119 e. The van der Waals surface area contributed by atoms with Crippen LogP contribution < -0.4 is 5.73 Å². The molecule has 0 aliphatic rings. The van der Waals surface area contributed by atoms with Crippen molar-refractivity contribution in [3.8, 4) is 5.75 Å². The third kappa shape index (κ3) is 4.25.